The van der Waals surface area contributed by atoms with Crippen LogP contribution in [-0.2, 0) is 4.79 Å². The zero-order valence-electron chi connectivity index (χ0n) is 19.2. The fourth-order valence-corrected chi connectivity index (χ4v) is 5.72. The molecule has 3 aliphatic rings. The molecule has 8 heteroatoms. The van der Waals surface area contributed by atoms with E-state index in [1.807, 2.05) is 29.2 Å². The summed E-state index contributed by atoms with van der Waals surface area (Å²) >= 11 is 0. The summed E-state index contributed by atoms with van der Waals surface area (Å²) in [4.78, 5) is 44.7. The molecule has 2 saturated heterocycles. The Morgan fingerprint density at radius 3 is 2.09 bits per heavy atom. The van der Waals surface area contributed by atoms with Gasteiger partial charge < -0.3 is 15.1 Å². The Bertz CT molecular complexity index is 1300. The van der Waals surface area contributed by atoms with Gasteiger partial charge in [0.25, 0.3) is 11.8 Å². The van der Waals surface area contributed by atoms with Gasteiger partial charge in [-0.05, 0) is 54.6 Å². The number of rotatable bonds is 4. The van der Waals surface area contributed by atoms with Crippen molar-refractivity contribution in [2.75, 3.05) is 37.7 Å². The molecule has 3 aromatic carbocycles. The van der Waals surface area contributed by atoms with Crippen LogP contribution in [0.3, 0.4) is 0 Å². The first-order valence-corrected chi connectivity index (χ1v) is 11.9. The van der Waals surface area contributed by atoms with Gasteiger partial charge in [-0.15, -0.1) is 0 Å². The summed E-state index contributed by atoms with van der Waals surface area (Å²) in [7, 11) is 0. The predicted octanol–water partition coefficient (Wildman–Crippen LogP) is 3.00. The van der Waals surface area contributed by atoms with E-state index in [4.69, 9.17) is 0 Å². The van der Waals surface area contributed by atoms with Gasteiger partial charge in [0.15, 0.2) is 0 Å². The van der Waals surface area contributed by atoms with Gasteiger partial charge in [-0.25, -0.2) is 4.39 Å². The summed E-state index contributed by atoms with van der Waals surface area (Å²) in [6.07, 6.45) is 1.22. The summed E-state index contributed by atoms with van der Waals surface area (Å²) in [5.41, 5.74) is 1.27. The SMILES string of the molecule is O=C1c2cccc3cccc(c23)C(=O)N1CCN1CCC2(CC1)C(=O)NCN2c1ccc(F)cc1. The Morgan fingerprint density at radius 1 is 0.829 bits per heavy atom. The number of hydrogen-bond donors (Lipinski definition) is 1. The second kappa shape index (κ2) is 8.16. The summed E-state index contributed by atoms with van der Waals surface area (Å²) in [6.45, 7) is 2.56. The van der Waals surface area contributed by atoms with Crippen molar-refractivity contribution in [3.63, 3.8) is 0 Å². The summed E-state index contributed by atoms with van der Waals surface area (Å²) in [5, 5.41) is 4.57. The molecule has 7 nitrogen and oxygen atoms in total. The molecule has 0 bridgehead atoms. The van der Waals surface area contributed by atoms with Gasteiger partial charge in [-0.3, -0.25) is 19.3 Å². The fraction of sp³-hybridized carbons (Fsp3) is 0.296. The average molecular weight is 473 g/mol. The zero-order valence-corrected chi connectivity index (χ0v) is 19.2. The van der Waals surface area contributed by atoms with Crippen molar-refractivity contribution in [2.45, 2.75) is 18.4 Å². The Morgan fingerprint density at radius 2 is 1.46 bits per heavy atom. The monoisotopic (exact) mass is 472 g/mol. The molecule has 3 aromatic rings. The number of anilines is 1. The maximum atomic E-state index is 13.4. The van der Waals surface area contributed by atoms with Crippen LogP contribution < -0.4 is 10.2 Å². The van der Waals surface area contributed by atoms with Crippen molar-refractivity contribution >= 4 is 34.2 Å². The van der Waals surface area contributed by atoms with Crippen LogP contribution in [0.15, 0.2) is 60.7 Å². The molecular formula is C27H25FN4O3. The standard InChI is InChI=1S/C27H25FN4O3/c28-19-7-9-20(10-8-19)32-17-29-26(35)27(32)11-13-30(14-12-27)15-16-31-24(33)21-5-1-3-18-4-2-6-22(23(18)21)25(31)34/h1-10H,11-17H2,(H,29,35). The van der Waals surface area contributed by atoms with Crippen LogP contribution in [0.5, 0.6) is 0 Å². The third kappa shape index (κ3) is 3.39. The molecule has 0 aliphatic carbocycles. The van der Waals surface area contributed by atoms with Crippen molar-refractivity contribution in [3.05, 3.63) is 77.6 Å². The van der Waals surface area contributed by atoms with Crippen LogP contribution in [0.1, 0.15) is 33.6 Å². The summed E-state index contributed by atoms with van der Waals surface area (Å²) in [6, 6.07) is 17.3. The van der Waals surface area contributed by atoms with Crippen LogP contribution in [0.2, 0.25) is 0 Å². The molecule has 0 aromatic heterocycles. The quantitative estimate of drug-likeness (QED) is 0.591. The molecule has 35 heavy (non-hydrogen) atoms. The molecule has 178 valence electrons. The van der Waals surface area contributed by atoms with E-state index in [0.717, 1.165) is 16.5 Å². The third-order valence-electron chi connectivity index (χ3n) is 7.65. The van der Waals surface area contributed by atoms with Crippen LogP contribution in [0, 0.1) is 5.82 Å². The van der Waals surface area contributed by atoms with Gasteiger partial charge in [-0.2, -0.15) is 0 Å². The van der Waals surface area contributed by atoms with E-state index in [-0.39, 0.29) is 23.5 Å². The van der Waals surface area contributed by atoms with E-state index in [2.05, 4.69) is 10.2 Å². The van der Waals surface area contributed by atoms with E-state index in [0.29, 0.717) is 56.8 Å². The molecule has 1 N–H and O–H groups in total. The van der Waals surface area contributed by atoms with Crippen LogP contribution in [-0.4, -0.2) is 65.9 Å². The molecular weight excluding hydrogens is 447 g/mol. The number of piperidine rings is 1. The highest BCUT2D eigenvalue weighted by molar-refractivity contribution is 6.25. The second-order valence-corrected chi connectivity index (χ2v) is 9.41. The number of carbonyl (C=O) groups excluding carboxylic acids is 3. The lowest BCUT2D eigenvalue weighted by molar-refractivity contribution is -0.125. The third-order valence-corrected chi connectivity index (χ3v) is 7.65. The topological polar surface area (TPSA) is 73.0 Å². The van der Waals surface area contributed by atoms with E-state index in [9.17, 15) is 18.8 Å². The lowest BCUT2D eigenvalue weighted by Gasteiger charge is -2.43. The summed E-state index contributed by atoms with van der Waals surface area (Å²) in [5.74, 6) is -0.833. The second-order valence-electron chi connectivity index (χ2n) is 9.41. The van der Waals surface area contributed by atoms with Crippen LogP contribution in [0.25, 0.3) is 10.8 Å². The number of hydrogen-bond acceptors (Lipinski definition) is 5. The number of halogens is 1. The number of carbonyl (C=O) groups is 3. The number of nitrogens with one attached hydrogen (secondary N) is 1. The molecule has 1 spiro atoms. The highest BCUT2D eigenvalue weighted by Gasteiger charge is 2.50. The normalized spacial score (nSPS) is 19.6. The maximum Gasteiger partial charge on any atom is 0.261 e. The molecule has 6 rings (SSSR count). The van der Waals surface area contributed by atoms with E-state index in [1.165, 1.54) is 17.0 Å². The number of imide groups is 1. The van der Waals surface area contributed by atoms with E-state index >= 15 is 0 Å². The van der Waals surface area contributed by atoms with Crippen molar-refractivity contribution < 1.29 is 18.8 Å². The Kier molecular flexibility index (Phi) is 5.07. The van der Waals surface area contributed by atoms with Gasteiger partial charge in [0.1, 0.15) is 11.4 Å². The predicted molar refractivity (Wildman–Crippen MR) is 130 cm³/mol. The molecule has 3 heterocycles. The first kappa shape index (κ1) is 21.7. The van der Waals surface area contributed by atoms with Crippen LogP contribution >= 0.6 is 0 Å². The maximum absolute atomic E-state index is 13.4. The van der Waals surface area contributed by atoms with Crippen molar-refractivity contribution in [3.8, 4) is 0 Å². The Hall–Kier alpha value is -3.78. The van der Waals surface area contributed by atoms with Gasteiger partial charge in [0.05, 0.1) is 6.67 Å². The van der Waals surface area contributed by atoms with Gasteiger partial charge in [-0.1, -0.05) is 24.3 Å². The zero-order chi connectivity index (χ0) is 24.2. The molecule has 3 aliphatic heterocycles. The highest BCUT2D eigenvalue weighted by atomic mass is 19.1. The first-order valence-electron chi connectivity index (χ1n) is 11.9. The van der Waals surface area contributed by atoms with Gasteiger partial charge >= 0.3 is 0 Å². The molecule has 0 atom stereocenters. The average Bonchev–Trinajstić information content (AvgIpc) is 3.19. The molecule has 0 unspecified atom stereocenters. The van der Waals surface area contributed by atoms with Gasteiger partial charge in [0.2, 0.25) is 5.91 Å². The van der Waals surface area contributed by atoms with Crippen molar-refractivity contribution in [1.29, 1.82) is 0 Å². The minimum atomic E-state index is -0.667. The number of nitrogens with zero attached hydrogens (tertiary/aromatic N) is 3. The number of amides is 3. The lowest BCUT2D eigenvalue weighted by Crippen LogP contribution is -2.57. The molecule has 0 saturated carbocycles. The molecule has 0 radical (unpaired) electrons. The molecule has 3 amide bonds. The minimum Gasteiger partial charge on any atom is -0.339 e. The summed E-state index contributed by atoms with van der Waals surface area (Å²) < 4.78 is 13.4. The van der Waals surface area contributed by atoms with E-state index < -0.39 is 5.54 Å². The Balaban J connectivity index is 1.15. The molecule has 2 fully saturated rings. The number of benzene rings is 3. The lowest BCUT2D eigenvalue weighted by atomic mass is 9.85. The number of likely N-dealkylation sites (tertiary alicyclic amines) is 1. The fourth-order valence-electron chi connectivity index (χ4n) is 5.72. The van der Waals surface area contributed by atoms with Crippen molar-refractivity contribution in [1.82, 2.24) is 15.1 Å². The van der Waals surface area contributed by atoms with Crippen LogP contribution in [0.4, 0.5) is 10.1 Å². The highest BCUT2D eigenvalue weighted by Crippen LogP contribution is 2.36. The largest absolute Gasteiger partial charge is 0.339 e. The van der Waals surface area contributed by atoms with Crippen molar-refractivity contribution in [2.24, 2.45) is 0 Å². The minimum absolute atomic E-state index is 0.00689. The Labute approximate surface area is 202 Å². The first-order chi connectivity index (χ1) is 17.0. The van der Waals surface area contributed by atoms with E-state index in [1.54, 1.807) is 24.3 Å². The van der Waals surface area contributed by atoms with Gasteiger partial charge in [0, 0.05) is 48.4 Å². The smallest absolute Gasteiger partial charge is 0.261 e.